The lowest BCUT2D eigenvalue weighted by atomic mass is 10.1. The van der Waals surface area contributed by atoms with E-state index in [2.05, 4.69) is 15.6 Å². The Hall–Kier alpha value is -4.33. The Kier molecular flexibility index (Phi) is 4.95. The summed E-state index contributed by atoms with van der Waals surface area (Å²) in [6.45, 7) is 1.83. The number of benzene rings is 3. The molecule has 0 aliphatic carbocycles. The number of aromatic nitrogens is 2. The second-order valence-corrected chi connectivity index (χ2v) is 7.42. The van der Waals surface area contributed by atoms with Crippen LogP contribution in [0.1, 0.15) is 11.3 Å². The van der Waals surface area contributed by atoms with Gasteiger partial charge in [0.15, 0.2) is 11.5 Å². The highest BCUT2D eigenvalue weighted by Crippen LogP contribution is 2.35. The van der Waals surface area contributed by atoms with Gasteiger partial charge in [-0.05, 0) is 42.0 Å². The van der Waals surface area contributed by atoms with Gasteiger partial charge in [0.2, 0.25) is 6.10 Å². The number of amides is 1. The quantitative estimate of drug-likeness (QED) is 0.386. The van der Waals surface area contributed by atoms with E-state index in [0.29, 0.717) is 28.4 Å². The molecule has 8 heteroatoms. The number of hydrogen-bond acceptors (Lipinski definition) is 5. The summed E-state index contributed by atoms with van der Waals surface area (Å²) in [7, 11) is 0. The van der Waals surface area contributed by atoms with E-state index in [9.17, 15) is 9.59 Å². The number of rotatable bonds is 4. The molecule has 32 heavy (non-hydrogen) atoms. The average Bonchev–Trinajstić information content (AvgIpc) is 3.11. The van der Waals surface area contributed by atoms with Gasteiger partial charge >= 0.3 is 0 Å². The molecule has 160 valence electrons. The Morgan fingerprint density at radius 1 is 1.09 bits per heavy atom. The molecule has 1 aliphatic rings. The van der Waals surface area contributed by atoms with Crippen LogP contribution in [-0.4, -0.2) is 34.6 Å². The van der Waals surface area contributed by atoms with Crippen molar-refractivity contribution in [3.05, 3.63) is 88.3 Å². The largest absolute Gasteiger partial charge is 0.485 e. The van der Waals surface area contributed by atoms with Gasteiger partial charge in [-0.1, -0.05) is 42.5 Å². The summed E-state index contributed by atoms with van der Waals surface area (Å²) < 4.78 is 13.0. The number of carbonyl (C=O) groups excluding carboxylic acids is 1. The molecule has 3 aromatic carbocycles. The first-order chi connectivity index (χ1) is 15.6. The van der Waals surface area contributed by atoms with Crippen LogP contribution in [0.3, 0.4) is 0 Å². The fourth-order valence-electron chi connectivity index (χ4n) is 3.59. The molecular weight excluding hydrogens is 408 g/mol. The zero-order valence-corrected chi connectivity index (χ0v) is 17.2. The van der Waals surface area contributed by atoms with Crippen molar-refractivity contribution in [2.45, 2.75) is 13.0 Å². The minimum atomic E-state index is -0.853. The molecule has 5 rings (SSSR count). The molecular formula is C24H20N4O4. The number of H-pyrrole nitrogens is 1. The number of carbonyl (C=O) groups is 1. The number of hydrogen-bond donors (Lipinski definition) is 2. The van der Waals surface area contributed by atoms with Crippen molar-refractivity contribution < 1.29 is 14.3 Å². The van der Waals surface area contributed by atoms with E-state index in [-0.39, 0.29) is 12.2 Å². The van der Waals surface area contributed by atoms with Crippen molar-refractivity contribution in [2.24, 2.45) is 5.10 Å². The predicted molar refractivity (Wildman–Crippen MR) is 121 cm³/mol. The molecule has 0 fully saturated rings. The molecule has 2 heterocycles. The van der Waals surface area contributed by atoms with E-state index in [1.165, 1.54) is 10.9 Å². The number of nitrogens with zero attached hydrogens (tertiary/aromatic N) is 2. The summed E-state index contributed by atoms with van der Waals surface area (Å²) >= 11 is 0. The maximum atomic E-state index is 12.7. The number of ether oxygens (including phenoxy) is 2. The van der Waals surface area contributed by atoms with Crippen molar-refractivity contribution in [1.82, 2.24) is 15.2 Å². The zero-order valence-electron chi connectivity index (χ0n) is 17.2. The predicted octanol–water partition coefficient (Wildman–Crippen LogP) is 2.92. The van der Waals surface area contributed by atoms with Gasteiger partial charge in [-0.15, -0.1) is 0 Å². The van der Waals surface area contributed by atoms with Crippen LogP contribution in [-0.2, 0) is 4.79 Å². The van der Waals surface area contributed by atoms with Crippen LogP contribution in [0.5, 0.6) is 11.5 Å². The third-order valence-corrected chi connectivity index (χ3v) is 5.26. The fourth-order valence-corrected chi connectivity index (χ4v) is 3.59. The van der Waals surface area contributed by atoms with Crippen LogP contribution in [0.15, 0.2) is 76.6 Å². The summed E-state index contributed by atoms with van der Waals surface area (Å²) in [6, 6.07) is 20.8. The van der Waals surface area contributed by atoms with Crippen molar-refractivity contribution in [3.8, 4) is 17.2 Å². The summed E-state index contributed by atoms with van der Waals surface area (Å²) in [5, 5.41) is 8.99. The minimum absolute atomic E-state index is 0.0662. The first-order valence-electron chi connectivity index (χ1n) is 10.1. The van der Waals surface area contributed by atoms with E-state index in [0.717, 1.165) is 10.8 Å². The zero-order chi connectivity index (χ0) is 22.1. The molecule has 1 unspecified atom stereocenters. The standard InChI is InChI=1S/C24H20N4O4/c1-15-19(24(30)28(27-15)18-9-3-2-4-10-18)13-25-26-23(29)22-14-31-20-11-16-7-5-6-8-17(16)12-21(20)32-22/h2-13,22,27H,14H2,1H3,(H,26,29)/b25-13-. The van der Waals surface area contributed by atoms with Gasteiger partial charge in [-0.2, -0.15) is 5.10 Å². The summed E-state index contributed by atoms with van der Waals surface area (Å²) in [5.41, 5.74) is 3.88. The third-order valence-electron chi connectivity index (χ3n) is 5.26. The lowest BCUT2D eigenvalue weighted by Gasteiger charge is -2.25. The normalized spacial score (nSPS) is 15.2. The number of fused-ring (bicyclic) bond motifs is 2. The van der Waals surface area contributed by atoms with Crippen LogP contribution >= 0.6 is 0 Å². The van der Waals surface area contributed by atoms with E-state index < -0.39 is 12.0 Å². The molecule has 4 aromatic rings. The molecule has 0 saturated heterocycles. The highest BCUT2D eigenvalue weighted by molar-refractivity contribution is 5.88. The fraction of sp³-hybridized carbons (Fsp3) is 0.125. The molecule has 1 aliphatic heterocycles. The smallest absolute Gasteiger partial charge is 0.284 e. The number of para-hydroxylation sites is 1. The maximum absolute atomic E-state index is 12.7. The second-order valence-electron chi connectivity index (χ2n) is 7.42. The Labute approximate surface area is 183 Å². The topological polar surface area (TPSA) is 97.7 Å². The van der Waals surface area contributed by atoms with Gasteiger partial charge in [-0.25, -0.2) is 10.1 Å². The Morgan fingerprint density at radius 2 is 1.78 bits per heavy atom. The number of hydrazone groups is 1. The van der Waals surface area contributed by atoms with Crippen LogP contribution in [0.25, 0.3) is 16.5 Å². The van der Waals surface area contributed by atoms with Crippen LogP contribution < -0.4 is 20.5 Å². The molecule has 1 atom stereocenters. The Balaban J connectivity index is 1.29. The van der Waals surface area contributed by atoms with Crippen molar-refractivity contribution >= 4 is 22.9 Å². The lowest BCUT2D eigenvalue weighted by Crippen LogP contribution is -2.42. The van der Waals surface area contributed by atoms with Gasteiger partial charge in [0.05, 0.1) is 17.5 Å². The first kappa shape index (κ1) is 19.6. The highest BCUT2D eigenvalue weighted by atomic mass is 16.6. The molecule has 0 spiro atoms. The first-order valence-corrected chi connectivity index (χ1v) is 10.1. The highest BCUT2D eigenvalue weighted by Gasteiger charge is 2.27. The van der Waals surface area contributed by atoms with Crippen LogP contribution in [0.4, 0.5) is 0 Å². The molecule has 0 bridgehead atoms. The number of aromatic amines is 1. The lowest BCUT2D eigenvalue weighted by molar-refractivity contribution is -0.130. The number of nitrogens with one attached hydrogen (secondary N) is 2. The van der Waals surface area contributed by atoms with E-state index in [4.69, 9.17) is 9.47 Å². The SMILES string of the molecule is Cc1[nH]n(-c2ccccc2)c(=O)c1/C=N\NC(=O)C1COc2cc3ccccc3cc2O1. The molecule has 1 amide bonds. The summed E-state index contributed by atoms with van der Waals surface area (Å²) in [4.78, 5) is 25.2. The van der Waals surface area contributed by atoms with Gasteiger partial charge in [0, 0.05) is 5.69 Å². The summed E-state index contributed by atoms with van der Waals surface area (Å²) in [5.74, 6) is 0.642. The molecule has 0 saturated carbocycles. The van der Waals surface area contributed by atoms with E-state index >= 15 is 0 Å². The summed E-state index contributed by atoms with van der Waals surface area (Å²) in [6.07, 6.45) is 0.477. The number of aryl methyl sites for hydroxylation is 1. The second kappa shape index (κ2) is 8.07. The molecule has 8 nitrogen and oxygen atoms in total. The third kappa shape index (κ3) is 3.62. The van der Waals surface area contributed by atoms with E-state index in [1.807, 2.05) is 66.7 Å². The van der Waals surface area contributed by atoms with Crippen molar-refractivity contribution in [2.75, 3.05) is 6.61 Å². The molecule has 0 radical (unpaired) electrons. The molecule has 1 aromatic heterocycles. The van der Waals surface area contributed by atoms with E-state index in [1.54, 1.807) is 6.92 Å². The Morgan fingerprint density at radius 3 is 2.53 bits per heavy atom. The molecule has 2 N–H and O–H groups in total. The van der Waals surface area contributed by atoms with Gasteiger partial charge in [0.1, 0.15) is 6.61 Å². The Bertz CT molecular complexity index is 1390. The van der Waals surface area contributed by atoms with Crippen molar-refractivity contribution in [1.29, 1.82) is 0 Å². The monoisotopic (exact) mass is 428 g/mol. The van der Waals surface area contributed by atoms with Crippen LogP contribution in [0, 0.1) is 6.92 Å². The minimum Gasteiger partial charge on any atom is -0.485 e. The maximum Gasteiger partial charge on any atom is 0.284 e. The average molecular weight is 428 g/mol. The van der Waals surface area contributed by atoms with Gasteiger partial charge in [0.25, 0.3) is 11.5 Å². The van der Waals surface area contributed by atoms with Gasteiger partial charge in [-0.3, -0.25) is 14.7 Å². The van der Waals surface area contributed by atoms with Crippen LogP contribution in [0.2, 0.25) is 0 Å². The van der Waals surface area contributed by atoms with Crippen molar-refractivity contribution in [3.63, 3.8) is 0 Å². The van der Waals surface area contributed by atoms with Gasteiger partial charge < -0.3 is 9.47 Å².